The maximum atomic E-state index is 12.7. The van der Waals surface area contributed by atoms with Crippen molar-refractivity contribution in [3.8, 4) is 10.4 Å². The Balaban J connectivity index is 1.41. The molecule has 3 heterocycles. The van der Waals surface area contributed by atoms with Crippen LogP contribution >= 0.6 is 34.4 Å². The van der Waals surface area contributed by atoms with Gasteiger partial charge in [-0.05, 0) is 31.2 Å². The van der Waals surface area contributed by atoms with Gasteiger partial charge in [0.25, 0.3) is 5.56 Å². The summed E-state index contributed by atoms with van der Waals surface area (Å²) in [7, 11) is 0. The lowest BCUT2D eigenvalue weighted by atomic mass is 9.96. The number of imide groups is 1. The van der Waals surface area contributed by atoms with Crippen LogP contribution in [0.4, 0.5) is 4.79 Å². The van der Waals surface area contributed by atoms with Crippen LogP contribution in [-0.2, 0) is 4.79 Å². The molecule has 1 atom stereocenters. The summed E-state index contributed by atoms with van der Waals surface area (Å²) in [6, 6.07) is 3.58. The lowest BCUT2D eigenvalue weighted by molar-refractivity contribution is -0.119. The lowest BCUT2D eigenvalue weighted by Crippen LogP contribution is -2.47. The number of thiophene rings is 2. The smallest absolute Gasteiger partial charge is 0.321 e. The number of amides is 3. The molecule has 1 fully saturated rings. The van der Waals surface area contributed by atoms with Crippen LogP contribution in [0.5, 0.6) is 0 Å². The minimum Gasteiger partial charge on any atom is -0.335 e. The monoisotopic (exact) mass is 462 g/mol. The van der Waals surface area contributed by atoms with Gasteiger partial charge in [0.15, 0.2) is 5.16 Å². The minimum atomic E-state index is -0.584. The van der Waals surface area contributed by atoms with Crippen molar-refractivity contribution in [3.63, 3.8) is 0 Å². The van der Waals surface area contributed by atoms with E-state index in [0.717, 1.165) is 47.9 Å². The Labute approximate surface area is 185 Å². The summed E-state index contributed by atoms with van der Waals surface area (Å²) in [4.78, 5) is 46.1. The number of H-pyrrole nitrogens is 1. The fourth-order valence-corrected chi connectivity index (χ4v) is 6.12. The second-order valence-corrected chi connectivity index (χ2v) is 10.4. The van der Waals surface area contributed by atoms with Crippen molar-refractivity contribution in [1.82, 2.24) is 20.6 Å². The molecule has 158 valence electrons. The van der Waals surface area contributed by atoms with Gasteiger partial charge in [-0.15, -0.1) is 22.7 Å². The summed E-state index contributed by atoms with van der Waals surface area (Å²) in [5.74, 6) is -0.415. The topological polar surface area (TPSA) is 104 Å². The van der Waals surface area contributed by atoms with Gasteiger partial charge in [-0.1, -0.05) is 37.1 Å². The Kier molecular flexibility index (Phi) is 6.55. The largest absolute Gasteiger partial charge is 0.335 e. The third kappa shape index (κ3) is 4.76. The van der Waals surface area contributed by atoms with Gasteiger partial charge in [0.1, 0.15) is 4.83 Å². The fourth-order valence-electron chi connectivity index (χ4n) is 3.50. The summed E-state index contributed by atoms with van der Waals surface area (Å²) in [6.07, 6.45) is 5.30. The Morgan fingerprint density at radius 1 is 1.27 bits per heavy atom. The van der Waals surface area contributed by atoms with Crippen LogP contribution in [0.1, 0.15) is 39.0 Å². The second kappa shape index (κ2) is 9.32. The maximum Gasteiger partial charge on any atom is 0.321 e. The van der Waals surface area contributed by atoms with Gasteiger partial charge in [0.05, 0.1) is 10.6 Å². The molecule has 0 bridgehead atoms. The van der Waals surface area contributed by atoms with E-state index in [1.807, 2.05) is 22.9 Å². The zero-order valence-corrected chi connectivity index (χ0v) is 18.8. The van der Waals surface area contributed by atoms with E-state index in [9.17, 15) is 14.4 Å². The zero-order valence-electron chi connectivity index (χ0n) is 16.4. The van der Waals surface area contributed by atoms with Crippen LogP contribution in [0.15, 0.2) is 32.8 Å². The molecular weight excluding hydrogens is 440 g/mol. The first-order valence-corrected chi connectivity index (χ1v) is 12.5. The number of fused-ring (bicyclic) bond motifs is 1. The van der Waals surface area contributed by atoms with E-state index in [1.54, 1.807) is 18.3 Å². The third-order valence-corrected chi connectivity index (χ3v) is 7.80. The summed E-state index contributed by atoms with van der Waals surface area (Å²) < 4.78 is 0. The minimum absolute atomic E-state index is 0.131. The van der Waals surface area contributed by atoms with Gasteiger partial charge in [0.2, 0.25) is 5.91 Å². The molecule has 7 nitrogen and oxygen atoms in total. The van der Waals surface area contributed by atoms with Gasteiger partial charge in [0, 0.05) is 21.9 Å². The van der Waals surface area contributed by atoms with E-state index in [2.05, 4.69) is 20.6 Å². The van der Waals surface area contributed by atoms with Gasteiger partial charge in [-0.2, -0.15) is 0 Å². The van der Waals surface area contributed by atoms with Crippen LogP contribution in [-0.4, -0.2) is 33.2 Å². The fraction of sp³-hybridized carbons (Fsp3) is 0.400. The number of nitrogens with one attached hydrogen (secondary N) is 3. The molecule has 4 rings (SSSR count). The third-order valence-electron chi connectivity index (χ3n) is 5.04. The molecule has 0 unspecified atom stereocenters. The summed E-state index contributed by atoms with van der Waals surface area (Å²) in [6.45, 7) is 1.68. The number of hydrogen-bond acceptors (Lipinski definition) is 7. The average Bonchev–Trinajstić information content (AvgIpc) is 3.38. The molecule has 1 saturated carbocycles. The van der Waals surface area contributed by atoms with Crippen molar-refractivity contribution in [2.75, 3.05) is 0 Å². The quantitative estimate of drug-likeness (QED) is 0.386. The molecule has 0 saturated heterocycles. The average molecular weight is 463 g/mol. The normalized spacial score (nSPS) is 15.8. The molecule has 0 aliphatic heterocycles. The van der Waals surface area contributed by atoms with E-state index in [4.69, 9.17) is 0 Å². The van der Waals surface area contributed by atoms with Crippen molar-refractivity contribution in [3.05, 3.63) is 33.2 Å². The first-order chi connectivity index (χ1) is 14.5. The first kappa shape index (κ1) is 21.1. The van der Waals surface area contributed by atoms with Crippen LogP contribution in [0.3, 0.4) is 0 Å². The van der Waals surface area contributed by atoms with Crippen LogP contribution < -0.4 is 16.2 Å². The highest BCUT2D eigenvalue weighted by molar-refractivity contribution is 8.00. The van der Waals surface area contributed by atoms with Gasteiger partial charge in [-0.3, -0.25) is 14.9 Å². The molecule has 0 spiro atoms. The van der Waals surface area contributed by atoms with E-state index in [0.29, 0.717) is 15.4 Å². The number of aromatic amines is 1. The first-order valence-electron chi connectivity index (χ1n) is 9.84. The SMILES string of the molecule is C[C@H](Sc1nc2scc(-c3cccs3)c2c(=O)[nH]1)C(=O)NC(=O)NC1CCCCC1. The number of nitrogens with zero attached hydrogens (tertiary/aromatic N) is 1. The van der Waals surface area contributed by atoms with Crippen molar-refractivity contribution in [2.24, 2.45) is 0 Å². The Morgan fingerprint density at radius 3 is 2.80 bits per heavy atom. The number of urea groups is 1. The number of carbonyl (C=O) groups excluding carboxylic acids is 2. The number of carbonyl (C=O) groups is 2. The number of rotatable bonds is 5. The van der Waals surface area contributed by atoms with E-state index in [-0.39, 0.29) is 11.6 Å². The molecule has 3 N–H and O–H groups in total. The zero-order chi connectivity index (χ0) is 21.1. The predicted octanol–water partition coefficient (Wildman–Crippen LogP) is 4.35. The number of thioether (sulfide) groups is 1. The lowest BCUT2D eigenvalue weighted by Gasteiger charge is -2.23. The molecule has 3 aromatic rings. The molecule has 0 aromatic carbocycles. The Morgan fingerprint density at radius 2 is 2.07 bits per heavy atom. The van der Waals surface area contributed by atoms with E-state index < -0.39 is 17.2 Å². The van der Waals surface area contributed by atoms with Gasteiger partial charge < -0.3 is 10.3 Å². The van der Waals surface area contributed by atoms with Crippen molar-refractivity contribution >= 4 is 56.6 Å². The van der Waals surface area contributed by atoms with E-state index >= 15 is 0 Å². The van der Waals surface area contributed by atoms with Crippen LogP contribution in [0.2, 0.25) is 0 Å². The van der Waals surface area contributed by atoms with Crippen molar-refractivity contribution in [2.45, 2.75) is 55.5 Å². The highest BCUT2D eigenvalue weighted by Gasteiger charge is 2.22. The summed E-state index contributed by atoms with van der Waals surface area (Å²) in [5, 5.41) is 9.51. The molecule has 10 heteroatoms. The Bertz CT molecular complexity index is 1100. The molecular formula is C20H22N4O3S3. The summed E-state index contributed by atoms with van der Waals surface area (Å²) in [5.41, 5.74) is 0.648. The molecule has 30 heavy (non-hydrogen) atoms. The standard InChI is InChI=1S/C20H22N4O3S3/c1-11(16(25)22-19(27)21-12-6-3-2-4-7-12)30-20-23-17(26)15-13(10-29-18(15)24-20)14-8-5-9-28-14/h5,8-12H,2-4,6-7H2,1H3,(H,23,24,26)(H2,21,22,25,27)/t11-/m0/s1. The van der Waals surface area contributed by atoms with E-state index in [1.165, 1.54) is 17.8 Å². The number of aromatic nitrogens is 2. The maximum absolute atomic E-state index is 12.7. The predicted molar refractivity (Wildman–Crippen MR) is 122 cm³/mol. The molecule has 0 radical (unpaired) electrons. The highest BCUT2D eigenvalue weighted by Crippen LogP contribution is 2.34. The second-order valence-electron chi connectivity index (χ2n) is 7.24. The van der Waals surface area contributed by atoms with Crippen LogP contribution in [0.25, 0.3) is 20.7 Å². The summed E-state index contributed by atoms with van der Waals surface area (Å²) >= 11 is 4.10. The number of hydrogen-bond donors (Lipinski definition) is 3. The van der Waals surface area contributed by atoms with Crippen molar-refractivity contribution < 1.29 is 9.59 Å². The molecule has 3 amide bonds. The highest BCUT2D eigenvalue weighted by atomic mass is 32.2. The Hall–Kier alpha value is -2.17. The van der Waals surface area contributed by atoms with Crippen LogP contribution in [0, 0.1) is 0 Å². The van der Waals surface area contributed by atoms with Gasteiger partial charge >= 0.3 is 6.03 Å². The van der Waals surface area contributed by atoms with Crippen molar-refractivity contribution in [1.29, 1.82) is 0 Å². The molecule has 3 aromatic heterocycles. The molecule has 1 aliphatic carbocycles. The molecule has 1 aliphatic rings. The van der Waals surface area contributed by atoms with Gasteiger partial charge in [-0.25, -0.2) is 9.78 Å².